The second-order valence-electron chi connectivity index (χ2n) is 15.3. The zero-order chi connectivity index (χ0) is 43.7. The number of carbonyl (C=O) groups is 5. The molecule has 4 aliphatic rings. The van der Waals surface area contributed by atoms with Crippen LogP contribution in [0, 0.1) is 30.6 Å². The minimum absolute atomic E-state index is 0.00899. The predicted octanol–water partition coefficient (Wildman–Crippen LogP) is 3.68. The van der Waals surface area contributed by atoms with Crippen LogP contribution >= 0.6 is 0 Å². The lowest BCUT2D eigenvalue weighted by molar-refractivity contribution is -0.171. The fourth-order valence-electron chi connectivity index (χ4n) is 7.67. The van der Waals surface area contributed by atoms with Crippen LogP contribution in [0.4, 0.5) is 5.69 Å². The van der Waals surface area contributed by atoms with Crippen molar-refractivity contribution in [3.8, 4) is 11.5 Å². The van der Waals surface area contributed by atoms with E-state index >= 15 is 0 Å². The van der Waals surface area contributed by atoms with Crippen molar-refractivity contribution in [1.82, 2.24) is 0 Å². The van der Waals surface area contributed by atoms with Gasteiger partial charge in [-0.05, 0) is 46.3 Å². The van der Waals surface area contributed by atoms with Gasteiger partial charge in [0, 0.05) is 53.9 Å². The molecule has 3 aliphatic heterocycles. The number of Topliss-reactive ketones (excluding diaryl/α,β-unsaturated/α-hetero) is 1. The molecule has 1 aliphatic carbocycles. The number of carbonyl (C=O) groups excluding carboxylic acids is 5. The molecule has 3 heterocycles. The number of phenolic OH excluding ortho intramolecular Hbond substituents is 1. The Hall–Kier alpha value is -5.29. The van der Waals surface area contributed by atoms with Crippen LogP contribution in [0.25, 0.3) is 5.57 Å². The molecule has 0 aromatic heterocycles. The van der Waals surface area contributed by atoms with Gasteiger partial charge >= 0.3 is 17.9 Å². The second-order valence-corrected chi connectivity index (χ2v) is 15.3. The summed E-state index contributed by atoms with van der Waals surface area (Å²) in [6, 6.07) is 0. The minimum Gasteiger partial charge on any atom is -0.505 e. The summed E-state index contributed by atoms with van der Waals surface area (Å²) < 4.78 is 28.0. The van der Waals surface area contributed by atoms with Gasteiger partial charge in [-0.2, -0.15) is 0 Å². The third-order valence-corrected chi connectivity index (χ3v) is 10.9. The van der Waals surface area contributed by atoms with Crippen molar-refractivity contribution in [2.45, 2.75) is 99.3 Å². The first-order valence-electron chi connectivity index (χ1n) is 18.7. The normalized spacial score (nSPS) is 29.7. The Morgan fingerprint density at radius 3 is 2.09 bits per heavy atom. The van der Waals surface area contributed by atoms with Crippen molar-refractivity contribution >= 4 is 40.9 Å². The number of hydrogen-bond acceptors (Lipinski definition) is 15. The Bertz CT molecular complexity index is 2040. The van der Waals surface area contributed by atoms with Crippen LogP contribution in [0.1, 0.15) is 83.8 Å². The van der Waals surface area contributed by atoms with Gasteiger partial charge in [-0.25, -0.2) is 0 Å². The van der Waals surface area contributed by atoms with E-state index < -0.39 is 95.8 Å². The van der Waals surface area contributed by atoms with Crippen LogP contribution in [0.2, 0.25) is 0 Å². The van der Waals surface area contributed by atoms with Crippen LogP contribution in [-0.4, -0.2) is 99.1 Å². The van der Waals surface area contributed by atoms with Crippen LogP contribution in [-0.2, 0) is 38.1 Å². The van der Waals surface area contributed by atoms with Crippen molar-refractivity contribution in [3.63, 3.8) is 0 Å². The Labute approximate surface area is 336 Å². The molecule has 16 nitrogen and oxygen atoms in total. The van der Waals surface area contributed by atoms with Gasteiger partial charge in [0.05, 0.1) is 42.2 Å². The van der Waals surface area contributed by atoms with Crippen LogP contribution in [0.3, 0.4) is 0 Å². The number of anilines is 1. The maximum atomic E-state index is 14.0. The zero-order valence-corrected chi connectivity index (χ0v) is 34.5. The molecule has 4 bridgehead atoms. The molecule has 0 unspecified atom stereocenters. The number of phenols is 1. The largest absolute Gasteiger partial charge is 0.505 e. The number of benzene rings is 1. The summed E-state index contributed by atoms with van der Waals surface area (Å²) in [5.41, 5.74) is -2.47. The van der Waals surface area contributed by atoms with Crippen LogP contribution in [0.5, 0.6) is 11.5 Å². The standard InChI is InChI=1S/C42H53NO15/c1-17-13-12-14-18(2)40(51)43-30-20(4)38(58-25(9)45)26-27(34(30)49)31(46)22(6)37-28(26)36(55-16-56-37)19(3)15-42(10,53)39(50)23(7)33(48)29(41(52)54-11)32(47)21(5)35(17)57-24(8)44/h12-15,17,21,23,29,32-33,35,39,47-50,53H,16H2,1-11H3,(H,43,51)/t17-,21+,23-,29-,32-,33-,35-,39-,42+/m1/s1. The predicted molar refractivity (Wildman–Crippen MR) is 208 cm³/mol. The topological polar surface area (TPSA) is 245 Å². The van der Waals surface area contributed by atoms with Gasteiger partial charge in [0.25, 0.3) is 5.91 Å². The van der Waals surface area contributed by atoms with E-state index in [0.29, 0.717) is 0 Å². The molecular formula is C42H53NO15. The molecule has 9 atom stereocenters. The molecule has 16 heteroatoms. The average molecular weight is 812 g/mol. The number of aliphatic hydroxyl groups excluding tert-OH is 3. The molecule has 58 heavy (non-hydrogen) atoms. The summed E-state index contributed by atoms with van der Waals surface area (Å²) in [5, 5.41) is 61.2. The molecule has 0 fully saturated rings. The Morgan fingerprint density at radius 1 is 0.897 bits per heavy atom. The number of ketones is 1. The number of amides is 1. The van der Waals surface area contributed by atoms with Gasteiger partial charge < -0.3 is 54.5 Å². The highest BCUT2D eigenvalue weighted by Crippen LogP contribution is 2.53. The summed E-state index contributed by atoms with van der Waals surface area (Å²) >= 11 is 0. The summed E-state index contributed by atoms with van der Waals surface area (Å²) in [6.45, 7) is 13.5. The van der Waals surface area contributed by atoms with Crippen LogP contribution < -0.4 is 10.1 Å². The molecule has 0 radical (unpaired) electrons. The summed E-state index contributed by atoms with van der Waals surface area (Å²) in [7, 11) is 1.05. The Balaban J connectivity index is 2.08. The van der Waals surface area contributed by atoms with Gasteiger partial charge in [-0.1, -0.05) is 39.0 Å². The Kier molecular flexibility index (Phi) is 13.8. The number of nitrogens with one attached hydrogen (secondary N) is 1. The molecule has 0 saturated carbocycles. The van der Waals surface area contributed by atoms with Gasteiger partial charge in [0.15, 0.2) is 11.5 Å². The third-order valence-electron chi connectivity index (χ3n) is 10.9. The molecule has 0 saturated heterocycles. The second kappa shape index (κ2) is 17.7. The van der Waals surface area contributed by atoms with Gasteiger partial charge in [0.1, 0.15) is 34.9 Å². The van der Waals surface area contributed by atoms with E-state index in [0.717, 1.165) is 21.0 Å². The number of fused-ring (bicyclic) bond motifs is 14. The van der Waals surface area contributed by atoms with E-state index in [1.807, 2.05) is 0 Å². The summed E-state index contributed by atoms with van der Waals surface area (Å²) in [6.07, 6.45) is -0.755. The highest BCUT2D eigenvalue weighted by molar-refractivity contribution is 6.21. The Morgan fingerprint density at radius 2 is 1.50 bits per heavy atom. The SMILES string of the molecule is COC(=O)[C@H]1[C@H](O)[C@@H](C)[C@@H](O)[C@@](C)(O)C=C(C)C2=C3C(=C(C)C(=O)c4c(O)c(c(C)c(OC(C)=O)c43)NC(=O)C(C)=CC=C[C@@H](C)[C@@H](OC(C)=O)[C@@H](C)[C@H]1O)OCO2. The number of esters is 3. The molecule has 1 aromatic rings. The number of rotatable bonds is 3. The number of allylic oxidation sites excluding steroid dienone is 5. The van der Waals surface area contributed by atoms with E-state index in [1.54, 1.807) is 13.0 Å². The van der Waals surface area contributed by atoms with E-state index in [-0.39, 0.29) is 61.9 Å². The average Bonchev–Trinajstić information content (AvgIpc) is 3.16. The molecule has 0 spiro atoms. The number of methoxy groups -OCH3 is 1. The lowest BCUT2D eigenvalue weighted by atomic mass is 9.75. The first kappa shape index (κ1) is 45.4. The van der Waals surface area contributed by atoms with E-state index in [9.17, 15) is 49.5 Å². The maximum Gasteiger partial charge on any atom is 0.313 e. The van der Waals surface area contributed by atoms with Crippen molar-refractivity contribution in [1.29, 1.82) is 0 Å². The molecular weight excluding hydrogens is 758 g/mol. The summed E-state index contributed by atoms with van der Waals surface area (Å²) in [5.74, 6) is -9.54. The molecule has 6 N–H and O–H groups in total. The quantitative estimate of drug-likeness (QED) is 0.145. The molecule has 1 amide bonds. The van der Waals surface area contributed by atoms with Crippen molar-refractivity contribution in [2.75, 3.05) is 19.2 Å². The van der Waals surface area contributed by atoms with E-state index in [4.69, 9.17) is 23.7 Å². The first-order chi connectivity index (χ1) is 27.0. The monoisotopic (exact) mass is 811 g/mol. The number of aliphatic hydroxyl groups is 4. The zero-order valence-electron chi connectivity index (χ0n) is 34.5. The van der Waals surface area contributed by atoms with Gasteiger partial charge in [-0.15, -0.1) is 0 Å². The minimum atomic E-state index is -2.20. The molecule has 5 rings (SSSR count). The molecule has 316 valence electrons. The maximum absolute atomic E-state index is 14.0. The highest BCUT2D eigenvalue weighted by Gasteiger charge is 2.48. The van der Waals surface area contributed by atoms with Gasteiger partial charge in [-0.3, -0.25) is 24.0 Å². The van der Waals surface area contributed by atoms with Crippen LogP contribution in [0.15, 0.2) is 52.5 Å². The summed E-state index contributed by atoms with van der Waals surface area (Å²) in [4.78, 5) is 65.7. The van der Waals surface area contributed by atoms with Crippen molar-refractivity contribution in [2.24, 2.45) is 23.7 Å². The highest BCUT2D eigenvalue weighted by atomic mass is 16.7. The first-order valence-corrected chi connectivity index (χ1v) is 18.7. The lowest BCUT2D eigenvalue weighted by Crippen LogP contribution is -2.53. The van der Waals surface area contributed by atoms with E-state index in [1.165, 1.54) is 66.7 Å². The van der Waals surface area contributed by atoms with Crippen molar-refractivity contribution < 1.29 is 73.2 Å². The number of ether oxygens (including phenoxy) is 5. The lowest BCUT2D eigenvalue weighted by Gasteiger charge is -2.39. The smallest absolute Gasteiger partial charge is 0.313 e. The molecule has 1 aromatic carbocycles. The van der Waals surface area contributed by atoms with Gasteiger partial charge in [0.2, 0.25) is 6.79 Å². The fourth-order valence-corrected chi connectivity index (χ4v) is 7.67. The number of aromatic hydroxyl groups is 1. The number of hydrogen-bond donors (Lipinski definition) is 6. The van der Waals surface area contributed by atoms with Crippen molar-refractivity contribution in [3.05, 3.63) is 69.2 Å². The van der Waals surface area contributed by atoms with E-state index in [2.05, 4.69) is 5.32 Å². The third kappa shape index (κ3) is 8.74. The fraction of sp³-hybridized carbons (Fsp3) is 0.500.